The summed E-state index contributed by atoms with van der Waals surface area (Å²) in [6.45, 7) is 5.55. The molecule has 0 bridgehead atoms. The molecule has 1 amide bonds. The third-order valence-electron chi connectivity index (χ3n) is 3.32. The lowest BCUT2D eigenvalue weighted by molar-refractivity contribution is 0.0949. The van der Waals surface area contributed by atoms with E-state index in [9.17, 15) is 4.79 Å². The first-order chi connectivity index (χ1) is 10.2. The fourth-order valence-electron chi connectivity index (χ4n) is 2.13. The number of rotatable bonds is 6. The lowest BCUT2D eigenvalue weighted by Gasteiger charge is -2.08. The number of amides is 1. The van der Waals surface area contributed by atoms with Crippen molar-refractivity contribution in [1.82, 2.24) is 10.3 Å². The van der Waals surface area contributed by atoms with Crippen molar-refractivity contribution in [2.45, 2.75) is 20.3 Å². The number of aromatic nitrogens is 1. The van der Waals surface area contributed by atoms with Gasteiger partial charge < -0.3 is 10.6 Å². The third-order valence-corrected chi connectivity index (χ3v) is 3.32. The van der Waals surface area contributed by atoms with Crippen LogP contribution in [0.1, 0.15) is 28.5 Å². The van der Waals surface area contributed by atoms with Gasteiger partial charge in [0, 0.05) is 13.1 Å². The average molecular weight is 283 g/mol. The van der Waals surface area contributed by atoms with Crippen molar-refractivity contribution in [1.29, 1.82) is 0 Å². The maximum atomic E-state index is 12.0. The lowest BCUT2D eigenvalue weighted by Crippen LogP contribution is -2.26. The number of nitrogens with zero attached hydrogens (tertiary/aromatic N) is 1. The third kappa shape index (κ3) is 4.31. The monoisotopic (exact) mass is 283 g/mol. The molecule has 1 aromatic heterocycles. The Morgan fingerprint density at radius 2 is 2.00 bits per heavy atom. The number of aryl methyl sites for hydroxylation is 1. The van der Waals surface area contributed by atoms with Gasteiger partial charge in [-0.25, -0.2) is 4.98 Å². The van der Waals surface area contributed by atoms with Gasteiger partial charge in [-0.05, 0) is 43.5 Å². The molecule has 2 aromatic rings. The highest BCUT2D eigenvalue weighted by molar-refractivity contribution is 5.92. The maximum absolute atomic E-state index is 12.0. The Morgan fingerprint density at radius 3 is 2.67 bits per heavy atom. The Bertz CT molecular complexity index is 593. The Hall–Kier alpha value is -2.36. The van der Waals surface area contributed by atoms with Crippen LogP contribution in [0.25, 0.3) is 0 Å². The van der Waals surface area contributed by atoms with Crippen molar-refractivity contribution in [2.24, 2.45) is 0 Å². The SMILES string of the molecule is CCNc1ccc(C(=O)NCCc2ccccc2C)nc1. The molecule has 0 saturated carbocycles. The summed E-state index contributed by atoms with van der Waals surface area (Å²) in [5, 5.41) is 6.05. The van der Waals surface area contributed by atoms with E-state index in [1.165, 1.54) is 11.1 Å². The minimum atomic E-state index is -0.133. The Balaban J connectivity index is 1.85. The van der Waals surface area contributed by atoms with Crippen LogP contribution in [-0.2, 0) is 6.42 Å². The molecule has 0 radical (unpaired) electrons. The molecule has 1 heterocycles. The summed E-state index contributed by atoms with van der Waals surface area (Å²) < 4.78 is 0. The normalized spacial score (nSPS) is 10.2. The lowest BCUT2D eigenvalue weighted by atomic mass is 10.1. The number of hydrogen-bond acceptors (Lipinski definition) is 3. The second-order valence-electron chi connectivity index (χ2n) is 4.89. The van der Waals surface area contributed by atoms with Gasteiger partial charge in [0.25, 0.3) is 5.91 Å². The van der Waals surface area contributed by atoms with E-state index in [1.807, 2.05) is 25.1 Å². The highest BCUT2D eigenvalue weighted by Crippen LogP contribution is 2.08. The number of nitrogens with one attached hydrogen (secondary N) is 2. The molecule has 0 aliphatic heterocycles. The molecule has 21 heavy (non-hydrogen) atoms. The van der Waals surface area contributed by atoms with Crippen molar-refractivity contribution in [3.05, 3.63) is 59.4 Å². The van der Waals surface area contributed by atoms with E-state index in [2.05, 4.69) is 34.7 Å². The number of pyridine rings is 1. The van der Waals surface area contributed by atoms with Crippen molar-refractivity contribution in [2.75, 3.05) is 18.4 Å². The molecular weight excluding hydrogens is 262 g/mol. The Labute approximate surface area is 125 Å². The Morgan fingerprint density at radius 1 is 1.19 bits per heavy atom. The van der Waals surface area contributed by atoms with Crippen LogP contribution >= 0.6 is 0 Å². The molecule has 0 aliphatic carbocycles. The predicted molar refractivity (Wildman–Crippen MR) is 85.6 cm³/mol. The summed E-state index contributed by atoms with van der Waals surface area (Å²) >= 11 is 0. The summed E-state index contributed by atoms with van der Waals surface area (Å²) in [4.78, 5) is 16.2. The number of carbonyl (C=O) groups is 1. The summed E-state index contributed by atoms with van der Waals surface area (Å²) in [5.41, 5.74) is 3.88. The van der Waals surface area contributed by atoms with E-state index in [-0.39, 0.29) is 5.91 Å². The van der Waals surface area contributed by atoms with Crippen molar-refractivity contribution in [3.63, 3.8) is 0 Å². The molecule has 2 rings (SSSR count). The van der Waals surface area contributed by atoms with Crippen molar-refractivity contribution < 1.29 is 4.79 Å². The van der Waals surface area contributed by atoms with Gasteiger partial charge in [0.1, 0.15) is 5.69 Å². The molecule has 4 nitrogen and oxygen atoms in total. The highest BCUT2D eigenvalue weighted by atomic mass is 16.1. The molecule has 0 aliphatic rings. The van der Waals surface area contributed by atoms with Crippen molar-refractivity contribution in [3.8, 4) is 0 Å². The number of anilines is 1. The summed E-state index contributed by atoms with van der Waals surface area (Å²) in [7, 11) is 0. The first kappa shape index (κ1) is 15.0. The molecule has 4 heteroatoms. The number of carbonyl (C=O) groups excluding carboxylic acids is 1. The zero-order valence-electron chi connectivity index (χ0n) is 12.5. The highest BCUT2D eigenvalue weighted by Gasteiger charge is 2.06. The smallest absolute Gasteiger partial charge is 0.269 e. The molecule has 0 saturated heterocycles. The first-order valence-corrected chi connectivity index (χ1v) is 7.23. The van der Waals surface area contributed by atoms with Gasteiger partial charge in [0.05, 0.1) is 11.9 Å². The van der Waals surface area contributed by atoms with Crippen LogP contribution in [-0.4, -0.2) is 24.0 Å². The molecule has 2 N–H and O–H groups in total. The molecule has 0 unspecified atom stereocenters. The summed E-state index contributed by atoms with van der Waals surface area (Å²) in [5.74, 6) is -0.133. The van der Waals surface area contributed by atoms with Crippen LogP contribution in [0.5, 0.6) is 0 Å². The molecule has 110 valence electrons. The minimum Gasteiger partial charge on any atom is -0.384 e. The van der Waals surface area contributed by atoms with Gasteiger partial charge in [0.2, 0.25) is 0 Å². The van der Waals surface area contributed by atoms with Gasteiger partial charge in [-0.2, -0.15) is 0 Å². The fraction of sp³-hybridized carbons (Fsp3) is 0.294. The quantitative estimate of drug-likeness (QED) is 0.857. The molecular formula is C17H21N3O. The van der Waals surface area contributed by atoms with Crippen LogP contribution in [0.3, 0.4) is 0 Å². The molecule has 0 spiro atoms. The van der Waals surface area contributed by atoms with Crippen LogP contribution in [0, 0.1) is 6.92 Å². The van der Waals surface area contributed by atoms with E-state index in [1.54, 1.807) is 12.3 Å². The van der Waals surface area contributed by atoms with E-state index < -0.39 is 0 Å². The minimum absolute atomic E-state index is 0.133. The average Bonchev–Trinajstić information content (AvgIpc) is 2.50. The zero-order chi connectivity index (χ0) is 15.1. The topological polar surface area (TPSA) is 54.0 Å². The van der Waals surface area contributed by atoms with E-state index in [0.717, 1.165) is 18.7 Å². The van der Waals surface area contributed by atoms with Gasteiger partial charge in [-0.3, -0.25) is 4.79 Å². The summed E-state index contributed by atoms with van der Waals surface area (Å²) in [6.07, 6.45) is 2.51. The van der Waals surface area contributed by atoms with E-state index in [0.29, 0.717) is 12.2 Å². The van der Waals surface area contributed by atoms with Crippen LogP contribution in [0.15, 0.2) is 42.6 Å². The van der Waals surface area contributed by atoms with Gasteiger partial charge in [-0.1, -0.05) is 24.3 Å². The second-order valence-corrected chi connectivity index (χ2v) is 4.89. The Kier molecular flexibility index (Phi) is 5.32. The summed E-state index contributed by atoms with van der Waals surface area (Å²) in [6, 6.07) is 11.8. The van der Waals surface area contributed by atoms with Gasteiger partial charge in [0.15, 0.2) is 0 Å². The zero-order valence-corrected chi connectivity index (χ0v) is 12.5. The van der Waals surface area contributed by atoms with Crippen LogP contribution < -0.4 is 10.6 Å². The van der Waals surface area contributed by atoms with E-state index in [4.69, 9.17) is 0 Å². The van der Waals surface area contributed by atoms with E-state index >= 15 is 0 Å². The fourth-order valence-corrected chi connectivity index (χ4v) is 2.13. The van der Waals surface area contributed by atoms with Crippen molar-refractivity contribution >= 4 is 11.6 Å². The largest absolute Gasteiger partial charge is 0.384 e. The predicted octanol–water partition coefficient (Wildman–Crippen LogP) is 2.79. The standard InChI is InChI=1S/C17H21N3O/c1-3-18-15-8-9-16(20-12-15)17(21)19-11-10-14-7-5-4-6-13(14)2/h4-9,12,18H,3,10-11H2,1-2H3,(H,19,21). The van der Waals surface area contributed by atoms with Gasteiger partial charge in [-0.15, -0.1) is 0 Å². The molecule has 0 atom stereocenters. The first-order valence-electron chi connectivity index (χ1n) is 7.23. The maximum Gasteiger partial charge on any atom is 0.269 e. The number of hydrogen-bond donors (Lipinski definition) is 2. The second kappa shape index (κ2) is 7.43. The van der Waals surface area contributed by atoms with Crippen LogP contribution in [0.2, 0.25) is 0 Å². The molecule has 0 fully saturated rings. The van der Waals surface area contributed by atoms with Crippen LogP contribution in [0.4, 0.5) is 5.69 Å². The van der Waals surface area contributed by atoms with Gasteiger partial charge >= 0.3 is 0 Å². The number of benzene rings is 1. The molecule has 1 aromatic carbocycles.